The Labute approximate surface area is 141 Å². The molecule has 1 unspecified atom stereocenters. The summed E-state index contributed by atoms with van der Waals surface area (Å²) in [5, 5.41) is 8.12. The summed E-state index contributed by atoms with van der Waals surface area (Å²) in [4.78, 5) is 14.7. The zero-order chi connectivity index (χ0) is 16.4. The van der Waals surface area contributed by atoms with Crippen molar-refractivity contribution in [2.45, 2.75) is 19.8 Å². The number of benzene rings is 1. The van der Waals surface area contributed by atoms with E-state index >= 15 is 0 Å². The van der Waals surface area contributed by atoms with Gasteiger partial charge in [-0.3, -0.25) is 9.48 Å². The summed E-state index contributed by atoms with van der Waals surface area (Å²) in [6, 6.07) is 7.77. The molecule has 1 aliphatic heterocycles. The summed E-state index contributed by atoms with van der Waals surface area (Å²) in [6.45, 7) is 3.57. The maximum atomic E-state index is 12.5. The largest absolute Gasteiger partial charge is 0.370 e. The highest BCUT2D eigenvalue weighted by Crippen LogP contribution is 2.30. The Balaban J connectivity index is 1.67. The van der Waals surface area contributed by atoms with E-state index < -0.39 is 0 Å². The molecule has 0 spiro atoms. The number of nitrogens with one attached hydrogen (secondary N) is 1. The third-order valence-electron chi connectivity index (χ3n) is 4.25. The van der Waals surface area contributed by atoms with Gasteiger partial charge in [-0.05, 0) is 25.0 Å². The molecule has 1 aromatic carbocycles. The van der Waals surface area contributed by atoms with E-state index in [-0.39, 0.29) is 11.8 Å². The number of hydrogen-bond acceptors (Lipinski definition) is 3. The first-order valence-electron chi connectivity index (χ1n) is 7.91. The lowest BCUT2D eigenvalue weighted by molar-refractivity contribution is -0.119. The average Bonchev–Trinajstić information content (AvgIpc) is 3.14. The Hall–Kier alpha value is -2.01. The molecular formula is C17H21ClN4O. The van der Waals surface area contributed by atoms with Gasteiger partial charge < -0.3 is 10.2 Å². The average molecular weight is 333 g/mol. The fourth-order valence-corrected chi connectivity index (χ4v) is 3.29. The van der Waals surface area contributed by atoms with Crippen molar-refractivity contribution in [3.05, 3.63) is 41.2 Å². The molecule has 5 nitrogen and oxygen atoms in total. The van der Waals surface area contributed by atoms with E-state index in [0.29, 0.717) is 6.54 Å². The smallest absolute Gasteiger partial charge is 0.229 e. The van der Waals surface area contributed by atoms with Crippen LogP contribution in [0.3, 0.4) is 0 Å². The van der Waals surface area contributed by atoms with E-state index in [1.165, 1.54) is 0 Å². The summed E-state index contributed by atoms with van der Waals surface area (Å²) in [6.07, 6.45) is 3.49. The van der Waals surface area contributed by atoms with E-state index in [2.05, 4.69) is 15.3 Å². The fraction of sp³-hybridized carbons (Fsp3) is 0.412. The van der Waals surface area contributed by atoms with Gasteiger partial charge in [0.2, 0.25) is 5.91 Å². The number of nitrogens with zero attached hydrogens (tertiary/aromatic N) is 3. The van der Waals surface area contributed by atoms with Crippen LogP contribution in [-0.2, 0) is 18.3 Å². The van der Waals surface area contributed by atoms with Crippen molar-refractivity contribution in [2.75, 3.05) is 23.3 Å². The van der Waals surface area contributed by atoms with E-state index in [1.54, 1.807) is 4.68 Å². The predicted molar refractivity (Wildman–Crippen MR) is 93.0 cm³/mol. The van der Waals surface area contributed by atoms with Crippen LogP contribution in [0.5, 0.6) is 0 Å². The summed E-state index contributed by atoms with van der Waals surface area (Å²) in [5.41, 5.74) is 2.73. The summed E-state index contributed by atoms with van der Waals surface area (Å²) in [5.74, 6) is 0.0263. The van der Waals surface area contributed by atoms with E-state index in [4.69, 9.17) is 11.6 Å². The lowest BCUT2D eigenvalue weighted by Gasteiger charge is -2.19. The highest BCUT2D eigenvalue weighted by atomic mass is 35.5. The summed E-state index contributed by atoms with van der Waals surface area (Å²) >= 11 is 6.25. The molecule has 1 atom stereocenters. The monoisotopic (exact) mass is 332 g/mol. The number of amides is 1. The van der Waals surface area contributed by atoms with Crippen LogP contribution < -0.4 is 10.2 Å². The van der Waals surface area contributed by atoms with Gasteiger partial charge >= 0.3 is 0 Å². The summed E-state index contributed by atoms with van der Waals surface area (Å²) < 4.78 is 1.74. The van der Waals surface area contributed by atoms with Crippen molar-refractivity contribution in [1.29, 1.82) is 0 Å². The molecule has 2 aromatic rings. The van der Waals surface area contributed by atoms with Gasteiger partial charge in [0, 0.05) is 26.3 Å². The van der Waals surface area contributed by atoms with Crippen molar-refractivity contribution in [2.24, 2.45) is 13.0 Å². The van der Waals surface area contributed by atoms with Crippen molar-refractivity contribution in [3.8, 4) is 0 Å². The molecule has 6 heteroatoms. The molecular weight excluding hydrogens is 312 g/mol. The number of hydrogen-bond donors (Lipinski definition) is 1. The first-order chi connectivity index (χ1) is 11.1. The van der Waals surface area contributed by atoms with Gasteiger partial charge in [0.15, 0.2) is 0 Å². The van der Waals surface area contributed by atoms with E-state index in [1.807, 2.05) is 44.4 Å². The molecule has 0 bridgehead atoms. The molecule has 0 radical (unpaired) electrons. The molecule has 1 aliphatic rings. The van der Waals surface area contributed by atoms with Gasteiger partial charge in [0.1, 0.15) is 0 Å². The minimum atomic E-state index is -0.0313. The van der Waals surface area contributed by atoms with Crippen LogP contribution in [0.4, 0.5) is 11.4 Å². The number of halogens is 1. The molecule has 122 valence electrons. The van der Waals surface area contributed by atoms with Crippen LogP contribution in [0.1, 0.15) is 19.0 Å². The van der Waals surface area contributed by atoms with Crippen LogP contribution >= 0.6 is 11.6 Å². The summed E-state index contributed by atoms with van der Waals surface area (Å²) in [7, 11) is 1.86. The van der Waals surface area contributed by atoms with Gasteiger partial charge in [0.05, 0.1) is 28.0 Å². The van der Waals surface area contributed by atoms with Gasteiger partial charge in [-0.15, -0.1) is 0 Å². The molecule has 1 N–H and O–H groups in total. The second-order valence-corrected chi connectivity index (χ2v) is 6.30. The number of para-hydroxylation sites is 1. The minimum absolute atomic E-state index is 0.0313. The van der Waals surface area contributed by atoms with Crippen LogP contribution in [0, 0.1) is 5.92 Å². The first kappa shape index (κ1) is 15.9. The Kier molecular flexibility index (Phi) is 4.57. The molecule has 1 saturated heterocycles. The lowest BCUT2D eigenvalue weighted by Crippen LogP contribution is -2.27. The standard InChI is InChI=1S/C17H21ClN4O/c1-3-14-15(11-21(2)20-14)19-17(23)12-8-9-22(10-12)16-7-5-4-6-13(16)18/h4-7,11-12H,3,8-10H2,1-2H3,(H,19,23). The SMILES string of the molecule is CCc1nn(C)cc1NC(=O)C1CCN(c2ccccc2Cl)C1. The maximum absolute atomic E-state index is 12.5. The Morgan fingerprint density at radius 2 is 2.22 bits per heavy atom. The quantitative estimate of drug-likeness (QED) is 0.936. The first-order valence-corrected chi connectivity index (χ1v) is 8.29. The van der Waals surface area contributed by atoms with Crippen molar-refractivity contribution in [3.63, 3.8) is 0 Å². The fourth-order valence-electron chi connectivity index (χ4n) is 3.04. The highest BCUT2D eigenvalue weighted by molar-refractivity contribution is 6.33. The molecule has 1 fully saturated rings. The second-order valence-electron chi connectivity index (χ2n) is 5.89. The zero-order valence-corrected chi connectivity index (χ0v) is 14.2. The number of aryl methyl sites for hydroxylation is 2. The van der Waals surface area contributed by atoms with Gasteiger partial charge in [-0.25, -0.2) is 0 Å². The molecule has 3 rings (SSSR count). The van der Waals surface area contributed by atoms with Crippen LogP contribution in [0.15, 0.2) is 30.5 Å². The topological polar surface area (TPSA) is 50.2 Å². The van der Waals surface area contributed by atoms with Crippen molar-refractivity contribution < 1.29 is 4.79 Å². The Morgan fingerprint density at radius 1 is 1.43 bits per heavy atom. The molecule has 1 aromatic heterocycles. The van der Waals surface area contributed by atoms with E-state index in [0.717, 1.165) is 41.5 Å². The third kappa shape index (κ3) is 3.34. The van der Waals surface area contributed by atoms with Gasteiger partial charge in [-0.1, -0.05) is 30.7 Å². The molecule has 1 amide bonds. The van der Waals surface area contributed by atoms with Crippen LogP contribution in [0.25, 0.3) is 0 Å². The number of carbonyl (C=O) groups is 1. The minimum Gasteiger partial charge on any atom is -0.370 e. The molecule has 0 aliphatic carbocycles. The van der Waals surface area contributed by atoms with Crippen molar-refractivity contribution >= 4 is 28.9 Å². The zero-order valence-electron chi connectivity index (χ0n) is 13.4. The number of carbonyl (C=O) groups excluding carboxylic acids is 1. The number of rotatable bonds is 4. The van der Waals surface area contributed by atoms with E-state index in [9.17, 15) is 4.79 Å². The van der Waals surface area contributed by atoms with Crippen molar-refractivity contribution in [1.82, 2.24) is 9.78 Å². The molecule has 2 heterocycles. The Morgan fingerprint density at radius 3 is 2.96 bits per heavy atom. The predicted octanol–water partition coefficient (Wildman–Crippen LogP) is 3.10. The maximum Gasteiger partial charge on any atom is 0.229 e. The van der Waals surface area contributed by atoms with Gasteiger partial charge in [-0.2, -0.15) is 5.10 Å². The lowest BCUT2D eigenvalue weighted by atomic mass is 10.1. The Bertz CT molecular complexity index is 712. The van der Waals surface area contributed by atoms with Crippen LogP contribution in [0.2, 0.25) is 5.02 Å². The second kappa shape index (κ2) is 6.62. The molecule has 0 saturated carbocycles. The third-order valence-corrected chi connectivity index (χ3v) is 4.57. The van der Waals surface area contributed by atoms with Crippen LogP contribution in [-0.4, -0.2) is 28.8 Å². The van der Waals surface area contributed by atoms with Gasteiger partial charge in [0.25, 0.3) is 0 Å². The number of aromatic nitrogens is 2. The highest BCUT2D eigenvalue weighted by Gasteiger charge is 2.29. The normalized spacial score (nSPS) is 17.5. The number of anilines is 2. The molecule has 23 heavy (non-hydrogen) atoms.